The quantitative estimate of drug-likeness (QED) is 0.610. The van der Waals surface area contributed by atoms with Crippen LogP contribution in [0.15, 0.2) is 42.5 Å². The number of nitrogens with one attached hydrogen (secondary N) is 3. The van der Waals surface area contributed by atoms with Crippen molar-refractivity contribution in [2.24, 2.45) is 0 Å². The Morgan fingerprint density at radius 1 is 1.26 bits per heavy atom. The molecule has 4 amide bonds. The van der Waals surface area contributed by atoms with Gasteiger partial charge in [-0.3, -0.25) is 4.90 Å². The summed E-state index contributed by atoms with van der Waals surface area (Å²) in [6.45, 7) is 1.13. The zero-order chi connectivity index (χ0) is 19.4. The van der Waals surface area contributed by atoms with E-state index in [2.05, 4.69) is 16.0 Å². The van der Waals surface area contributed by atoms with Gasteiger partial charge in [0, 0.05) is 46.6 Å². The Labute approximate surface area is 166 Å². The van der Waals surface area contributed by atoms with Crippen LogP contribution in [0.25, 0.3) is 0 Å². The summed E-state index contributed by atoms with van der Waals surface area (Å²) in [6, 6.07) is 11.1. The Hall–Kier alpha value is -2.48. The fourth-order valence-corrected chi connectivity index (χ4v) is 3.25. The lowest BCUT2D eigenvalue weighted by Gasteiger charge is -2.16. The second kappa shape index (κ2) is 8.47. The van der Waals surface area contributed by atoms with E-state index >= 15 is 0 Å². The number of nitrogens with zero attached hydrogens (tertiary/aromatic N) is 1. The summed E-state index contributed by atoms with van der Waals surface area (Å²) in [5.74, 6) is 0. The normalized spacial score (nSPS) is 14.6. The molecule has 1 atom stereocenters. The summed E-state index contributed by atoms with van der Waals surface area (Å²) in [5.41, 5.74) is 1.70. The number of halogens is 2. The molecule has 1 unspecified atom stereocenters. The lowest BCUT2D eigenvalue weighted by Crippen LogP contribution is -2.32. The molecular formula is C18H18Cl2N4O3. The van der Waals surface area contributed by atoms with Crippen LogP contribution in [0.4, 0.5) is 21.0 Å². The molecule has 0 bridgehead atoms. The highest BCUT2D eigenvalue weighted by atomic mass is 35.5. The SMILES string of the molecule is O=C(NCC(O)c1ccc(Cl)cc1Cl)Nc1cccc(N2CCNC2=O)c1. The minimum absolute atomic E-state index is 0.0264. The van der Waals surface area contributed by atoms with Gasteiger partial charge in [-0.05, 0) is 30.3 Å². The third-order valence-electron chi connectivity index (χ3n) is 4.05. The number of anilines is 2. The number of benzene rings is 2. The lowest BCUT2D eigenvalue weighted by atomic mass is 10.1. The minimum atomic E-state index is -0.972. The van der Waals surface area contributed by atoms with E-state index in [0.717, 1.165) is 0 Å². The van der Waals surface area contributed by atoms with Crippen LogP contribution >= 0.6 is 23.2 Å². The first-order chi connectivity index (χ1) is 12.9. The van der Waals surface area contributed by atoms with Gasteiger partial charge in [-0.25, -0.2) is 9.59 Å². The van der Waals surface area contributed by atoms with Gasteiger partial charge < -0.3 is 21.1 Å². The van der Waals surface area contributed by atoms with Crippen LogP contribution in [-0.2, 0) is 0 Å². The molecule has 0 saturated carbocycles. The minimum Gasteiger partial charge on any atom is -0.387 e. The van der Waals surface area contributed by atoms with Crippen LogP contribution in [0.3, 0.4) is 0 Å². The molecule has 142 valence electrons. The second-order valence-electron chi connectivity index (χ2n) is 5.95. The van der Waals surface area contributed by atoms with Crippen molar-refractivity contribution >= 4 is 46.6 Å². The number of aliphatic hydroxyl groups excluding tert-OH is 1. The van der Waals surface area contributed by atoms with Gasteiger partial charge in [0.1, 0.15) is 0 Å². The van der Waals surface area contributed by atoms with Gasteiger partial charge in [-0.1, -0.05) is 35.3 Å². The number of carbonyl (C=O) groups is 2. The maximum Gasteiger partial charge on any atom is 0.321 e. The fraction of sp³-hybridized carbons (Fsp3) is 0.222. The lowest BCUT2D eigenvalue weighted by molar-refractivity contribution is 0.175. The smallest absolute Gasteiger partial charge is 0.321 e. The van der Waals surface area contributed by atoms with Gasteiger partial charge in [0.15, 0.2) is 0 Å². The van der Waals surface area contributed by atoms with E-state index in [0.29, 0.717) is 40.1 Å². The van der Waals surface area contributed by atoms with Gasteiger partial charge in [0.05, 0.1) is 6.10 Å². The number of carbonyl (C=O) groups excluding carboxylic acids is 2. The Morgan fingerprint density at radius 2 is 2.07 bits per heavy atom. The second-order valence-corrected chi connectivity index (χ2v) is 6.79. The average molecular weight is 409 g/mol. The van der Waals surface area contributed by atoms with Crippen LogP contribution in [0.2, 0.25) is 10.0 Å². The van der Waals surface area contributed by atoms with Crippen molar-refractivity contribution in [1.29, 1.82) is 0 Å². The summed E-state index contributed by atoms with van der Waals surface area (Å²) in [4.78, 5) is 25.4. The summed E-state index contributed by atoms with van der Waals surface area (Å²) < 4.78 is 0. The highest BCUT2D eigenvalue weighted by molar-refractivity contribution is 6.35. The molecule has 0 aliphatic carbocycles. The number of aliphatic hydroxyl groups is 1. The molecule has 1 aliphatic rings. The highest BCUT2D eigenvalue weighted by Crippen LogP contribution is 2.26. The molecule has 4 N–H and O–H groups in total. The monoisotopic (exact) mass is 408 g/mol. The van der Waals surface area contributed by atoms with E-state index in [9.17, 15) is 14.7 Å². The predicted octanol–water partition coefficient (Wildman–Crippen LogP) is 3.38. The van der Waals surface area contributed by atoms with Crippen LogP contribution in [0.5, 0.6) is 0 Å². The van der Waals surface area contributed by atoms with Gasteiger partial charge >= 0.3 is 12.1 Å². The van der Waals surface area contributed by atoms with Crippen molar-refractivity contribution in [2.75, 3.05) is 29.9 Å². The number of hydrogen-bond acceptors (Lipinski definition) is 3. The summed E-state index contributed by atoms with van der Waals surface area (Å²) in [7, 11) is 0. The predicted molar refractivity (Wildman–Crippen MR) is 106 cm³/mol. The van der Waals surface area contributed by atoms with Crippen molar-refractivity contribution in [3.8, 4) is 0 Å². The summed E-state index contributed by atoms with van der Waals surface area (Å²) >= 11 is 11.9. The zero-order valence-electron chi connectivity index (χ0n) is 14.2. The van der Waals surface area contributed by atoms with Crippen molar-refractivity contribution in [2.45, 2.75) is 6.10 Å². The molecule has 1 fully saturated rings. The summed E-state index contributed by atoms with van der Waals surface area (Å²) in [6.07, 6.45) is -0.972. The van der Waals surface area contributed by atoms with Crippen LogP contribution in [-0.4, -0.2) is 36.8 Å². The van der Waals surface area contributed by atoms with Crippen molar-refractivity contribution in [1.82, 2.24) is 10.6 Å². The number of rotatable bonds is 5. The third kappa shape index (κ3) is 4.82. The topological polar surface area (TPSA) is 93.7 Å². The maximum absolute atomic E-state index is 12.1. The largest absolute Gasteiger partial charge is 0.387 e. The van der Waals surface area contributed by atoms with Crippen LogP contribution < -0.4 is 20.9 Å². The Kier molecular flexibility index (Phi) is 6.05. The molecule has 0 aromatic heterocycles. The van der Waals surface area contributed by atoms with E-state index < -0.39 is 12.1 Å². The van der Waals surface area contributed by atoms with Crippen molar-refractivity contribution in [3.05, 3.63) is 58.1 Å². The van der Waals surface area contributed by atoms with Crippen molar-refractivity contribution in [3.63, 3.8) is 0 Å². The van der Waals surface area contributed by atoms with Gasteiger partial charge in [-0.15, -0.1) is 0 Å². The Morgan fingerprint density at radius 3 is 2.78 bits per heavy atom. The molecule has 1 saturated heterocycles. The average Bonchev–Trinajstić information content (AvgIpc) is 3.06. The fourth-order valence-electron chi connectivity index (χ4n) is 2.72. The molecule has 27 heavy (non-hydrogen) atoms. The zero-order valence-corrected chi connectivity index (χ0v) is 15.7. The summed E-state index contributed by atoms with van der Waals surface area (Å²) in [5, 5.41) is 19.0. The van der Waals surface area contributed by atoms with Gasteiger partial charge in [0.2, 0.25) is 0 Å². The van der Waals surface area contributed by atoms with Crippen molar-refractivity contribution < 1.29 is 14.7 Å². The molecule has 0 spiro atoms. The molecule has 1 aliphatic heterocycles. The first-order valence-corrected chi connectivity index (χ1v) is 9.03. The van der Waals surface area contributed by atoms with Gasteiger partial charge in [-0.2, -0.15) is 0 Å². The van der Waals surface area contributed by atoms with E-state index in [1.54, 1.807) is 41.3 Å². The molecule has 3 rings (SSSR count). The van der Waals surface area contributed by atoms with E-state index in [-0.39, 0.29) is 12.6 Å². The number of amides is 4. The van der Waals surface area contributed by atoms with Gasteiger partial charge in [0.25, 0.3) is 0 Å². The molecular weight excluding hydrogens is 391 g/mol. The van der Waals surface area contributed by atoms with E-state index in [4.69, 9.17) is 23.2 Å². The first-order valence-electron chi connectivity index (χ1n) is 8.27. The third-order valence-corrected chi connectivity index (χ3v) is 4.61. The molecule has 0 radical (unpaired) electrons. The molecule has 7 nitrogen and oxygen atoms in total. The molecule has 1 heterocycles. The number of hydrogen-bond donors (Lipinski definition) is 4. The first kappa shape index (κ1) is 19.3. The van der Waals surface area contributed by atoms with E-state index in [1.807, 2.05) is 0 Å². The highest BCUT2D eigenvalue weighted by Gasteiger charge is 2.21. The molecule has 9 heteroatoms. The Balaban J connectivity index is 1.57. The molecule has 2 aromatic rings. The number of urea groups is 2. The van der Waals surface area contributed by atoms with Crippen LogP contribution in [0.1, 0.15) is 11.7 Å². The van der Waals surface area contributed by atoms with E-state index in [1.165, 1.54) is 6.07 Å². The van der Waals surface area contributed by atoms with Crippen LogP contribution in [0, 0.1) is 0 Å². The molecule has 2 aromatic carbocycles. The Bertz CT molecular complexity index is 862. The standard InChI is InChI=1S/C18H18Cl2N4O3/c19-11-4-5-14(15(20)8-11)16(25)10-22-17(26)23-12-2-1-3-13(9-12)24-7-6-21-18(24)27/h1-5,8-9,16,25H,6-7,10H2,(H,21,27)(H2,22,23,26). The maximum atomic E-state index is 12.1.